The van der Waals surface area contributed by atoms with E-state index in [2.05, 4.69) is 24.5 Å². The van der Waals surface area contributed by atoms with Gasteiger partial charge in [-0.15, -0.1) is 0 Å². The number of hydrogen-bond acceptors (Lipinski definition) is 1. The molecule has 0 aromatic carbocycles. The lowest BCUT2D eigenvalue weighted by atomic mass is 9.63. The van der Waals surface area contributed by atoms with Crippen LogP contribution in [0.5, 0.6) is 0 Å². The molecule has 0 aromatic rings. The normalized spacial score (nSPS) is 40.5. The molecule has 2 aliphatic rings. The molecule has 2 aliphatic heterocycles. The molecule has 3 heteroatoms. The summed E-state index contributed by atoms with van der Waals surface area (Å²) in [6, 6.07) is 0. The van der Waals surface area contributed by atoms with Gasteiger partial charge in [-0.3, -0.25) is 4.79 Å². The standard InChI is InChI=1S/C12H22N2O/c1-3-4-5-12-8-13-6-11(2,10(12)15)7-14-9-12/h13-14H,3-9H2,1-2H3/p+2. The van der Waals surface area contributed by atoms with Gasteiger partial charge in [-0.2, -0.15) is 0 Å². The molecule has 15 heavy (non-hydrogen) atoms. The first kappa shape index (κ1) is 11.1. The minimum absolute atomic E-state index is 0.00125. The van der Waals surface area contributed by atoms with Crippen LogP contribution in [0.3, 0.4) is 0 Å². The molecular weight excluding hydrogens is 188 g/mol. The van der Waals surface area contributed by atoms with E-state index < -0.39 is 0 Å². The highest BCUT2D eigenvalue weighted by Crippen LogP contribution is 2.35. The van der Waals surface area contributed by atoms with Crippen molar-refractivity contribution in [1.82, 2.24) is 0 Å². The maximum absolute atomic E-state index is 12.5. The second-order valence-electron chi connectivity index (χ2n) is 5.67. The molecule has 0 atom stereocenters. The Bertz CT molecular complexity index is 252. The fourth-order valence-corrected chi connectivity index (χ4v) is 3.34. The Balaban J connectivity index is 2.18. The highest BCUT2D eigenvalue weighted by molar-refractivity contribution is 5.91. The third-order valence-corrected chi connectivity index (χ3v) is 4.30. The molecule has 86 valence electrons. The van der Waals surface area contributed by atoms with E-state index in [0.717, 1.165) is 32.6 Å². The molecule has 0 aliphatic carbocycles. The minimum atomic E-state index is -0.0513. The van der Waals surface area contributed by atoms with Crippen molar-refractivity contribution in [1.29, 1.82) is 0 Å². The van der Waals surface area contributed by atoms with E-state index in [0.29, 0.717) is 5.78 Å². The lowest BCUT2D eigenvalue weighted by molar-refractivity contribution is -0.744. The number of carbonyl (C=O) groups excluding carboxylic acids is 1. The van der Waals surface area contributed by atoms with Gasteiger partial charge in [-0.1, -0.05) is 19.8 Å². The van der Waals surface area contributed by atoms with E-state index in [4.69, 9.17) is 0 Å². The average molecular weight is 212 g/mol. The van der Waals surface area contributed by atoms with Gasteiger partial charge in [-0.05, 0) is 13.3 Å². The molecule has 2 rings (SSSR count). The molecule has 4 N–H and O–H groups in total. The van der Waals surface area contributed by atoms with Crippen LogP contribution < -0.4 is 10.6 Å². The van der Waals surface area contributed by atoms with Crippen LogP contribution in [0, 0.1) is 10.8 Å². The quantitative estimate of drug-likeness (QED) is 0.612. The van der Waals surface area contributed by atoms with Gasteiger partial charge in [0.1, 0.15) is 10.8 Å². The van der Waals surface area contributed by atoms with Crippen molar-refractivity contribution >= 4 is 5.78 Å². The Labute approximate surface area is 92.0 Å². The van der Waals surface area contributed by atoms with E-state index in [-0.39, 0.29) is 10.8 Å². The largest absolute Gasteiger partial charge is 0.344 e. The van der Waals surface area contributed by atoms with Gasteiger partial charge in [0.25, 0.3) is 0 Å². The molecule has 0 saturated carbocycles. The van der Waals surface area contributed by atoms with Gasteiger partial charge in [0.05, 0.1) is 26.2 Å². The summed E-state index contributed by atoms with van der Waals surface area (Å²) in [6.45, 7) is 8.41. The first-order valence-electron chi connectivity index (χ1n) is 6.31. The summed E-state index contributed by atoms with van der Waals surface area (Å²) in [6.07, 6.45) is 3.50. The first-order chi connectivity index (χ1) is 7.13. The summed E-state index contributed by atoms with van der Waals surface area (Å²) >= 11 is 0. The number of nitrogens with two attached hydrogens (primary N) is 2. The van der Waals surface area contributed by atoms with Crippen LogP contribution in [0.2, 0.25) is 0 Å². The van der Waals surface area contributed by atoms with Crippen LogP contribution in [0.25, 0.3) is 0 Å². The number of Topliss-reactive ketones (excluding diaryl/α,β-unsaturated/α-hetero) is 1. The van der Waals surface area contributed by atoms with Crippen molar-refractivity contribution in [2.45, 2.75) is 33.1 Å². The number of piperidine rings is 2. The van der Waals surface area contributed by atoms with Crippen molar-refractivity contribution < 1.29 is 15.4 Å². The zero-order valence-electron chi connectivity index (χ0n) is 10.0. The van der Waals surface area contributed by atoms with Crippen molar-refractivity contribution in [3.05, 3.63) is 0 Å². The van der Waals surface area contributed by atoms with Crippen molar-refractivity contribution in [2.75, 3.05) is 26.2 Å². The van der Waals surface area contributed by atoms with Gasteiger partial charge in [0.2, 0.25) is 0 Å². The maximum Gasteiger partial charge on any atom is 0.167 e. The Hall–Kier alpha value is -0.410. The van der Waals surface area contributed by atoms with Crippen molar-refractivity contribution in [3.63, 3.8) is 0 Å². The van der Waals surface area contributed by atoms with E-state index in [1.807, 2.05) is 0 Å². The van der Waals surface area contributed by atoms with Gasteiger partial charge < -0.3 is 10.6 Å². The van der Waals surface area contributed by atoms with Gasteiger partial charge in [0, 0.05) is 0 Å². The summed E-state index contributed by atoms with van der Waals surface area (Å²) in [5.74, 6) is 0.563. The third-order valence-electron chi connectivity index (χ3n) is 4.30. The minimum Gasteiger partial charge on any atom is -0.344 e. The van der Waals surface area contributed by atoms with Gasteiger partial charge in [-0.25, -0.2) is 0 Å². The van der Waals surface area contributed by atoms with Crippen molar-refractivity contribution in [2.24, 2.45) is 10.8 Å². The van der Waals surface area contributed by atoms with Crippen LogP contribution >= 0.6 is 0 Å². The molecule has 0 unspecified atom stereocenters. The van der Waals surface area contributed by atoms with Gasteiger partial charge in [0.15, 0.2) is 5.78 Å². The van der Waals surface area contributed by atoms with Crippen LogP contribution in [0.15, 0.2) is 0 Å². The zero-order valence-corrected chi connectivity index (χ0v) is 10.0. The monoisotopic (exact) mass is 212 g/mol. The number of unbranched alkanes of at least 4 members (excludes halogenated alkanes) is 1. The van der Waals surface area contributed by atoms with E-state index in [1.54, 1.807) is 0 Å². The Morgan fingerprint density at radius 3 is 2.33 bits per heavy atom. The number of hydrogen-bond donors (Lipinski definition) is 2. The lowest BCUT2D eigenvalue weighted by Gasteiger charge is -2.45. The fourth-order valence-electron chi connectivity index (χ4n) is 3.34. The molecule has 2 bridgehead atoms. The highest BCUT2D eigenvalue weighted by Gasteiger charge is 2.58. The second kappa shape index (κ2) is 3.87. The molecule has 0 aromatic heterocycles. The molecule has 0 radical (unpaired) electrons. The summed E-state index contributed by atoms with van der Waals surface area (Å²) in [5, 5.41) is 4.73. The fraction of sp³-hybridized carbons (Fsp3) is 0.917. The molecule has 0 spiro atoms. The SMILES string of the molecule is CCCCC12C[NH2+]CC(C)(C[NH2+]C1)C2=O. The van der Waals surface area contributed by atoms with Crippen LogP contribution in [-0.4, -0.2) is 32.0 Å². The number of quaternary nitrogens is 2. The van der Waals surface area contributed by atoms with E-state index in [1.165, 1.54) is 12.8 Å². The second-order valence-corrected chi connectivity index (χ2v) is 5.67. The summed E-state index contributed by atoms with van der Waals surface area (Å²) in [5.41, 5.74) is -0.0501. The van der Waals surface area contributed by atoms with Crippen LogP contribution in [0.4, 0.5) is 0 Å². The van der Waals surface area contributed by atoms with Crippen molar-refractivity contribution in [3.8, 4) is 0 Å². The number of fused-ring (bicyclic) bond motifs is 2. The van der Waals surface area contributed by atoms with E-state index in [9.17, 15) is 4.79 Å². The first-order valence-corrected chi connectivity index (χ1v) is 6.31. The number of ketones is 1. The summed E-state index contributed by atoms with van der Waals surface area (Å²) in [7, 11) is 0. The van der Waals surface area contributed by atoms with Crippen LogP contribution in [-0.2, 0) is 4.79 Å². The third kappa shape index (κ3) is 1.72. The summed E-state index contributed by atoms with van der Waals surface area (Å²) in [4.78, 5) is 12.5. The average Bonchev–Trinajstić information content (AvgIpc) is 2.19. The summed E-state index contributed by atoms with van der Waals surface area (Å²) < 4.78 is 0. The number of rotatable bonds is 3. The molecule has 2 heterocycles. The van der Waals surface area contributed by atoms with Crippen LogP contribution in [0.1, 0.15) is 33.1 Å². The predicted molar refractivity (Wildman–Crippen MR) is 58.4 cm³/mol. The topological polar surface area (TPSA) is 50.3 Å². The number of carbonyl (C=O) groups is 1. The molecule has 2 fully saturated rings. The lowest BCUT2D eigenvalue weighted by Crippen LogP contribution is -3.05. The van der Waals surface area contributed by atoms with Gasteiger partial charge >= 0.3 is 0 Å². The Morgan fingerprint density at radius 2 is 1.80 bits per heavy atom. The predicted octanol–water partition coefficient (Wildman–Crippen LogP) is -1.11. The van der Waals surface area contributed by atoms with E-state index >= 15 is 0 Å². The Morgan fingerprint density at radius 1 is 1.20 bits per heavy atom. The molecular formula is C12H24N2O+2. The zero-order chi connectivity index (χ0) is 10.9. The maximum atomic E-state index is 12.5. The molecule has 3 nitrogen and oxygen atoms in total. The molecule has 0 amide bonds. The smallest absolute Gasteiger partial charge is 0.167 e. The molecule has 2 saturated heterocycles. The highest BCUT2D eigenvalue weighted by atomic mass is 16.1. The Kier molecular flexibility index (Phi) is 2.86.